The van der Waals surface area contributed by atoms with Gasteiger partial charge in [0, 0.05) is 36.6 Å². The lowest BCUT2D eigenvalue weighted by atomic mass is 10.1. The standard InChI is InChI=1S/C19H18BrF3N2O2/c1-25(12-13-2-6-15(7-3-13)19(21,22)23)17(26)10-11-24-18(27)14-4-8-16(20)9-5-14/h2-9H,10-12H2,1H3,(H,24,27). The van der Waals surface area contributed by atoms with Crippen LogP contribution in [0.5, 0.6) is 0 Å². The molecular weight excluding hydrogens is 425 g/mol. The zero-order valence-corrected chi connectivity index (χ0v) is 16.1. The van der Waals surface area contributed by atoms with Gasteiger partial charge >= 0.3 is 6.18 Å². The molecule has 0 bridgehead atoms. The van der Waals surface area contributed by atoms with Crippen LogP contribution in [0.25, 0.3) is 0 Å². The molecule has 0 saturated carbocycles. The number of hydrogen-bond donors (Lipinski definition) is 1. The van der Waals surface area contributed by atoms with Gasteiger partial charge in [-0.1, -0.05) is 28.1 Å². The Morgan fingerprint density at radius 3 is 2.19 bits per heavy atom. The van der Waals surface area contributed by atoms with Gasteiger partial charge in [-0.2, -0.15) is 13.2 Å². The highest BCUT2D eigenvalue weighted by Gasteiger charge is 2.29. The van der Waals surface area contributed by atoms with Gasteiger partial charge in [0.1, 0.15) is 0 Å². The van der Waals surface area contributed by atoms with Crippen molar-refractivity contribution in [3.8, 4) is 0 Å². The van der Waals surface area contributed by atoms with Crippen molar-refractivity contribution in [1.82, 2.24) is 10.2 Å². The molecular formula is C19H18BrF3N2O2. The van der Waals surface area contributed by atoms with E-state index in [4.69, 9.17) is 0 Å². The van der Waals surface area contributed by atoms with Crippen LogP contribution >= 0.6 is 15.9 Å². The molecule has 8 heteroatoms. The predicted molar refractivity (Wildman–Crippen MR) is 99.0 cm³/mol. The number of carbonyl (C=O) groups is 2. The van der Waals surface area contributed by atoms with Crippen molar-refractivity contribution in [2.75, 3.05) is 13.6 Å². The Hall–Kier alpha value is -2.35. The molecule has 2 aromatic carbocycles. The zero-order chi connectivity index (χ0) is 20.0. The molecule has 0 radical (unpaired) electrons. The third-order valence-corrected chi connectivity index (χ3v) is 4.39. The van der Waals surface area contributed by atoms with Crippen molar-refractivity contribution in [2.24, 2.45) is 0 Å². The van der Waals surface area contributed by atoms with Gasteiger partial charge in [-0.3, -0.25) is 9.59 Å². The Bertz CT molecular complexity index is 790. The maximum Gasteiger partial charge on any atom is 0.416 e. The van der Waals surface area contributed by atoms with E-state index < -0.39 is 11.7 Å². The second-order valence-electron chi connectivity index (χ2n) is 5.96. The summed E-state index contributed by atoms with van der Waals surface area (Å²) in [7, 11) is 1.57. The molecule has 0 saturated heterocycles. The van der Waals surface area contributed by atoms with E-state index >= 15 is 0 Å². The Morgan fingerprint density at radius 2 is 1.63 bits per heavy atom. The van der Waals surface area contributed by atoms with E-state index in [0.717, 1.165) is 16.6 Å². The first-order chi connectivity index (χ1) is 12.7. The molecule has 0 aliphatic carbocycles. The summed E-state index contributed by atoms with van der Waals surface area (Å²) in [6.07, 6.45) is -4.29. The van der Waals surface area contributed by atoms with Crippen LogP contribution in [0.2, 0.25) is 0 Å². The monoisotopic (exact) mass is 442 g/mol. The summed E-state index contributed by atoms with van der Waals surface area (Å²) in [5.41, 5.74) is 0.359. The summed E-state index contributed by atoms with van der Waals surface area (Å²) in [6, 6.07) is 11.5. The molecule has 0 spiro atoms. The van der Waals surface area contributed by atoms with Gasteiger partial charge in [0.15, 0.2) is 0 Å². The highest BCUT2D eigenvalue weighted by atomic mass is 79.9. The summed E-state index contributed by atoms with van der Waals surface area (Å²) >= 11 is 3.29. The van der Waals surface area contributed by atoms with E-state index in [1.807, 2.05) is 0 Å². The Kier molecular flexibility index (Phi) is 7.01. The lowest BCUT2D eigenvalue weighted by Gasteiger charge is -2.18. The first-order valence-electron chi connectivity index (χ1n) is 8.10. The Labute approximate surface area is 163 Å². The zero-order valence-electron chi connectivity index (χ0n) is 14.5. The molecule has 0 unspecified atom stereocenters. The topological polar surface area (TPSA) is 49.4 Å². The van der Waals surface area contributed by atoms with Gasteiger partial charge in [-0.05, 0) is 42.0 Å². The van der Waals surface area contributed by atoms with Crippen LogP contribution in [-0.4, -0.2) is 30.3 Å². The summed E-state index contributed by atoms with van der Waals surface area (Å²) in [5.74, 6) is -0.494. The van der Waals surface area contributed by atoms with E-state index in [9.17, 15) is 22.8 Å². The van der Waals surface area contributed by atoms with Crippen LogP contribution in [0.1, 0.15) is 27.9 Å². The SMILES string of the molecule is CN(Cc1ccc(C(F)(F)F)cc1)C(=O)CCNC(=O)c1ccc(Br)cc1. The largest absolute Gasteiger partial charge is 0.416 e. The molecule has 144 valence electrons. The smallest absolute Gasteiger partial charge is 0.352 e. The highest BCUT2D eigenvalue weighted by molar-refractivity contribution is 9.10. The summed E-state index contributed by atoms with van der Waals surface area (Å²) in [6.45, 7) is 0.364. The minimum Gasteiger partial charge on any atom is -0.352 e. The van der Waals surface area contributed by atoms with Crippen molar-refractivity contribution in [3.05, 3.63) is 69.7 Å². The number of hydrogen-bond acceptors (Lipinski definition) is 2. The van der Waals surface area contributed by atoms with Gasteiger partial charge in [0.25, 0.3) is 5.91 Å². The number of nitrogens with one attached hydrogen (secondary N) is 1. The number of benzene rings is 2. The molecule has 1 N–H and O–H groups in total. The van der Waals surface area contributed by atoms with Crippen LogP contribution in [0.3, 0.4) is 0 Å². The fourth-order valence-electron chi connectivity index (χ4n) is 2.34. The molecule has 0 aliphatic rings. The summed E-state index contributed by atoms with van der Waals surface area (Å²) in [5, 5.41) is 2.67. The number of halogens is 4. The van der Waals surface area contributed by atoms with Crippen LogP contribution in [-0.2, 0) is 17.5 Å². The predicted octanol–water partition coefficient (Wildman–Crippen LogP) is 4.25. The average molecular weight is 443 g/mol. The van der Waals surface area contributed by atoms with Crippen molar-refractivity contribution in [3.63, 3.8) is 0 Å². The lowest BCUT2D eigenvalue weighted by molar-refractivity contribution is -0.137. The number of nitrogens with zero attached hydrogens (tertiary/aromatic N) is 1. The number of rotatable bonds is 6. The third kappa shape index (κ3) is 6.39. The van der Waals surface area contributed by atoms with E-state index in [-0.39, 0.29) is 31.3 Å². The van der Waals surface area contributed by atoms with E-state index in [2.05, 4.69) is 21.2 Å². The van der Waals surface area contributed by atoms with E-state index in [1.165, 1.54) is 17.0 Å². The number of carbonyl (C=O) groups excluding carboxylic acids is 2. The van der Waals surface area contributed by atoms with Crippen molar-refractivity contribution >= 4 is 27.7 Å². The molecule has 0 aromatic heterocycles. The van der Waals surface area contributed by atoms with Gasteiger partial charge in [0.05, 0.1) is 5.56 Å². The Morgan fingerprint density at radius 1 is 1.04 bits per heavy atom. The van der Waals surface area contributed by atoms with E-state index in [1.54, 1.807) is 31.3 Å². The molecule has 4 nitrogen and oxygen atoms in total. The number of amides is 2. The summed E-state index contributed by atoms with van der Waals surface area (Å²) in [4.78, 5) is 25.5. The first-order valence-corrected chi connectivity index (χ1v) is 8.90. The van der Waals surface area contributed by atoms with Crippen LogP contribution < -0.4 is 5.32 Å². The van der Waals surface area contributed by atoms with Gasteiger partial charge in [-0.15, -0.1) is 0 Å². The molecule has 0 atom stereocenters. The first kappa shape index (κ1) is 21.0. The molecule has 27 heavy (non-hydrogen) atoms. The minimum atomic E-state index is -4.38. The maximum absolute atomic E-state index is 12.6. The maximum atomic E-state index is 12.6. The van der Waals surface area contributed by atoms with E-state index in [0.29, 0.717) is 11.1 Å². The van der Waals surface area contributed by atoms with Crippen molar-refractivity contribution in [1.29, 1.82) is 0 Å². The van der Waals surface area contributed by atoms with Gasteiger partial charge in [0.2, 0.25) is 5.91 Å². The molecule has 2 aromatic rings. The average Bonchev–Trinajstić information content (AvgIpc) is 2.61. The molecule has 2 amide bonds. The lowest BCUT2D eigenvalue weighted by Crippen LogP contribution is -2.31. The van der Waals surface area contributed by atoms with Gasteiger partial charge < -0.3 is 10.2 Å². The van der Waals surface area contributed by atoms with Gasteiger partial charge in [-0.25, -0.2) is 0 Å². The minimum absolute atomic E-state index is 0.0966. The molecule has 0 heterocycles. The van der Waals surface area contributed by atoms with Crippen LogP contribution in [0.15, 0.2) is 53.0 Å². The quantitative estimate of drug-likeness (QED) is 0.726. The van der Waals surface area contributed by atoms with Crippen LogP contribution in [0, 0.1) is 0 Å². The summed E-state index contributed by atoms with van der Waals surface area (Å²) < 4.78 is 38.5. The highest BCUT2D eigenvalue weighted by Crippen LogP contribution is 2.29. The third-order valence-electron chi connectivity index (χ3n) is 3.86. The fraction of sp³-hybridized carbons (Fsp3) is 0.263. The normalized spacial score (nSPS) is 11.1. The molecule has 2 rings (SSSR count). The van der Waals surface area contributed by atoms with Crippen molar-refractivity contribution < 1.29 is 22.8 Å². The second-order valence-corrected chi connectivity index (χ2v) is 6.87. The van der Waals surface area contributed by atoms with Crippen LogP contribution in [0.4, 0.5) is 13.2 Å². The van der Waals surface area contributed by atoms with Crippen molar-refractivity contribution in [2.45, 2.75) is 19.1 Å². The fourth-order valence-corrected chi connectivity index (χ4v) is 2.60. The second kappa shape index (κ2) is 9.03. The number of alkyl halides is 3. The molecule has 0 fully saturated rings. The molecule has 0 aliphatic heterocycles. The Balaban J connectivity index is 1.80.